The predicted molar refractivity (Wildman–Crippen MR) is 89.6 cm³/mol. The molecule has 0 spiro atoms. The first kappa shape index (κ1) is 15.1. The molecule has 2 aliphatic rings. The summed E-state index contributed by atoms with van der Waals surface area (Å²) in [7, 11) is 1.85. The number of amides is 1. The quantitative estimate of drug-likeness (QED) is 0.941. The first-order valence-corrected chi connectivity index (χ1v) is 8.25. The van der Waals surface area contributed by atoms with E-state index in [-0.39, 0.29) is 17.7 Å². The average molecular weight is 327 g/mol. The van der Waals surface area contributed by atoms with Crippen molar-refractivity contribution in [2.24, 2.45) is 13.0 Å². The standard InChI is InChI=1S/C18H21N3O3/c1-10-11(2)20-21(3)17(10)19-18(22)14-9-13(14)12-4-5-15-16(8-12)24-7-6-23-15/h4-5,8,13-14H,6-7,9H2,1-3H3,(H,19,22)/t13-,14-/m0/s1. The van der Waals surface area contributed by atoms with Crippen molar-refractivity contribution in [3.63, 3.8) is 0 Å². The van der Waals surface area contributed by atoms with Gasteiger partial charge in [0, 0.05) is 18.5 Å². The third kappa shape index (κ3) is 2.52. The molecule has 1 aliphatic carbocycles. The highest BCUT2D eigenvalue weighted by Gasteiger charge is 2.44. The summed E-state index contributed by atoms with van der Waals surface area (Å²) >= 11 is 0. The van der Waals surface area contributed by atoms with Crippen LogP contribution in [0.1, 0.15) is 29.2 Å². The summed E-state index contributed by atoms with van der Waals surface area (Å²) < 4.78 is 12.9. The van der Waals surface area contributed by atoms with Gasteiger partial charge in [-0.3, -0.25) is 9.48 Å². The van der Waals surface area contributed by atoms with Gasteiger partial charge in [-0.15, -0.1) is 0 Å². The second kappa shape index (κ2) is 5.54. The van der Waals surface area contributed by atoms with E-state index in [1.165, 1.54) is 0 Å². The summed E-state index contributed by atoms with van der Waals surface area (Å²) in [5, 5.41) is 7.37. The van der Waals surface area contributed by atoms with Gasteiger partial charge in [-0.1, -0.05) is 6.07 Å². The molecule has 1 aromatic heterocycles. The Hall–Kier alpha value is -2.50. The lowest BCUT2D eigenvalue weighted by molar-refractivity contribution is -0.117. The van der Waals surface area contributed by atoms with E-state index in [2.05, 4.69) is 10.4 Å². The number of aryl methyl sites for hydroxylation is 2. The number of nitrogens with zero attached hydrogens (tertiary/aromatic N) is 2. The Bertz CT molecular complexity index is 812. The molecule has 24 heavy (non-hydrogen) atoms. The topological polar surface area (TPSA) is 65.4 Å². The van der Waals surface area contributed by atoms with Gasteiger partial charge in [-0.25, -0.2) is 0 Å². The van der Waals surface area contributed by atoms with Crippen LogP contribution in [-0.2, 0) is 11.8 Å². The molecule has 126 valence electrons. The van der Waals surface area contributed by atoms with Crippen molar-refractivity contribution < 1.29 is 14.3 Å². The molecule has 1 amide bonds. The summed E-state index contributed by atoms with van der Waals surface area (Å²) in [6.45, 7) is 5.08. The summed E-state index contributed by atoms with van der Waals surface area (Å²) in [5.41, 5.74) is 3.09. The van der Waals surface area contributed by atoms with E-state index in [4.69, 9.17) is 9.47 Å². The number of carbonyl (C=O) groups excluding carboxylic acids is 1. The molecule has 2 aromatic rings. The van der Waals surface area contributed by atoms with E-state index in [1.54, 1.807) is 4.68 Å². The minimum Gasteiger partial charge on any atom is -0.486 e. The van der Waals surface area contributed by atoms with Crippen LogP contribution in [0, 0.1) is 19.8 Å². The van der Waals surface area contributed by atoms with Crippen molar-refractivity contribution in [1.29, 1.82) is 0 Å². The Balaban J connectivity index is 1.47. The van der Waals surface area contributed by atoms with Gasteiger partial charge in [0.15, 0.2) is 11.5 Å². The highest BCUT2D eigenvalue weighted by Crippen LogP contribution is 2.49. The molecular formula is C18H21N3O3. The maximum absolute atomic E-state index is 12.6. The molecule has 1 aliphatic heterocycles. The highest BCUT2D eigenvalue weighted by molar-refractivity contribution is 5.95. The number of fused-ring (bicyclic) bond motifs is 1. The molecule has 4 rings (SSSR count). The fourth-order valence-corrected chi connectivity index (χ4v) is 3.29. The zero-order chi connectivity index (χ0) is 16.8. The van der Waals surface area contributed by atoms with Crippen LogP contribution < -0.4 is 14.8 Å². The summed E-state index contributed by atoms with van der Waals surface area (Å²) in [5.74, 6) is 2.65. The van der Waals surface area contributed by atoms with Crippen molar-refractivity contribution in [3.05, 3.63) is 35.0 Å². The van der Waals surface area contributed by atoms with E-state index >= 15 is 0 Å². The summed E-state index contributed by atoms with van der Waals surface area (Å²) in [6, 6.07) is 5.97. The number of hydrogen-bond donors (Lipinski definition) is 1. The molecule has 6 nitrogen and oxygen atoms in total. The second-order valence-corrected chi connectivity index (χ2v) is 6.52. The molecule has 2 heterocycles. The third-order valence-electron chi connectivity index (χ3n) is 4.88. The third-order valence-corrected chi connectivity index (χ3v) is 4.88. The van der Waals surface area contributed by atoms with Gasteiger partial charge < -0.3 is 14.8 Å². The van der Waals surface area contributed by atoms with Crippen LogP contribution in [0.5, 0.6) is 11.5 Å². The Labute approximate surface area is 140 Å². The molecular weight excluding hydrogens is 306 g/mol. The largest absolute Gasteiger partial charge is 0.486 e. The Morgan fingerprint density at radius 2 is 2.00 bits per heavy atom. The first-order valence-electron chi connectivity index (χ1n) is 8.25. The fraction of sp³-hybridized carbons (Fsp3) is 0.444. The fourth-order valence-electron chi connectivity index (χ4n) is 3.29. The van der Waals surface area contributed by atoms with Crippen molar-refractivity contribution in [1.82, 2.24) is 9.78 Å². The van der Waals surface area contributed by atoms with Crippen molar-refractivity contribution in [2.45, 2.75) is 26.2 Å². The highest BCUT2D eigenvalue weighted by atomic mass is 16.6. The molecule has 0 radical (unpaired) electrons. The molecule has 1 N–H and O–H groups in total. The van der Waals surface area contributed by atoms with Gasteiger partial charge in [0.05, 0.1) is 5.69 Å². The molecule has 1 aromatic carbocycles. The maximum atomic E-state index is 12.6. The minimum absolute atomic E-state index is 0.00200. The van der Waals surface area contributed by atoms with E-state index in [9.17, 15) is 4.79 Å². The Morgan fingerprint density at radius 1 is 1.25 bits per heavy atom. The minimum atomic E-state index is 0.00200. The first-order chi connectivity index (χ1) is 11.5. The molecule has 0 unspecified atom stereocenters. The van der Waals surface area contributed by atoms with Crippen LogP contribution in [0.3, 0.4) is 0 Å². The number of carbonyl (C=O) groups is 1. The van der Waals surface area contributed by atoms with Gasteiger partial charge >= 0.3 is 0 Å². The summed E-state index contributed by atoms with van der Waals surface area (Å²) in [4.78, 5) is 12.6. The number of rotatable bonds is 3. The van der Waals surface area contributed by atoms with E-state index in [0.29, 0.717) is 13.2 Å². The van der Waals surface area contributed by atoms with Crippen LogP contribution in [0.4, 0.5) is 5.82 Å². The van der Waals surface area contributed by atoms with E-state index in [1.807, 2.05) is 39.1 Å². The lowest BCUT2D eigenvalue weighted by Gasteiger charge is -2.18. The number of benzene rings is 1. The molecule has 1 fully saturated rings. The molecule has 1 saturated carbocycles. The summed E-state index contributed by atoms with van der Waals surface area (Å²) in [6.07, 6.45) is 0.862. The van der Waals surface area contributed by atoms with Crippen LogP contribution in [-0.4, -0.2) is 28.9 Å². The number of aromatic nitrogens is 2. The predicted octanol–water partition coefficient (Wildman–Crippen LogP) is 2.55. The molecule has 6 heteroatoms. The normalized spacial score (nSPS) is 21.5. The smallest absolute Gasteiger partial charge is 0.229 e. The van der Waals surface area contributed by atoms with Gasteiger partial charge in [0.2, 0.25) is 5.91 Å². The van der Waals surface area contributed by atoms with Crippen molar-refractivity contribution in [3.8, 4) is 11.5 Å². The zero-order valence-electron chi connectivity index (χ0n) is 14.1. The maximum Gasteiger partial charge on any atom is 0.229 e. The number of hydrogen-bond acceptors (Lipinski definition) is 4. The lowest BCUT2D eigenvalue weighted by Crippen LogP contribution is -2.18. The number of anilines is 1. The molecule has 2 atom stereocenters. The average Bonchev–Trinajstić information content (AvgIpc) is 3.34. The number of ether oxygens (including phenoxy) is 2. The van der Waals surface area contributed by atoms with Crippen LogP contribution in [0.2, 0.25) is 0 Å². The van der Waals surface area contributed by atoms with E-state index in [0.717, 1.165) is 40.6 Å². The SMILES string of the molecule is Cc1nn(C)c(NC(=O)[C@H]2C[C@H]2c2ccc3c(c2)OCCO3)c1C. The molecule has 0 bridgehead atoms. The van der Waals surface area contributed by atoms with Crippen LogP contribution in [0.25, 0.3) is 0 Å². The van der Waals surface area contributed by atoms with Gasteiger partial charge in [0.1, 0.15) is 19.0 Å². The lowest BCUT2D eigenvalue weighted by atomic mass is 10.1. The van der Waals surface area contributed by atoms with Crippen molar-refractivity contribution >= 4 is 11.7 Å². The van der Waals surface area contributed by atoms with Gasteiger partial charge in [0.25, 0.3) is 0 Å². The Kier molecular flexibility index (Phi) is 3.48. The Morgan fingerprint density at radius 3 is 2.71 bits per heavy atom. The zero-order valence-corrected chi connectivity index (χ0v) is 14.1. The number of nitrogens with one attached hydrogen (secondary N) is 1. The van der Waals surface area contributed by atoms with Crippen molar-refractivity contribution in [2.75, 3.05) is 18.5 Å². The van der Waals surface area contributed by atoms with E-state index < -0.39 is 0 Å². The van der Waals surface area contributed by atoms with Crippen LogP contribution >= 0.6 is 0 Å². The monoisotopic (exact) mass is 327 g/mol. The van der Waals surface area contributed by atoms with Gasteiger partial charge in [-0.2, -0.15) is 5.10 Å². The van der Waals surface area contributed by atoms with Crippen LogP contribution in [0.15, 0.2) is 18.2 Å². The van der Waals surface area contributed by atoms with Gasteiger partial charge in [-0.05, 0) is 43.9 Å². The molecule has 0 saturated heterocycles. The second-order valence-electron chi connectivity index (χ2n) is 6.52.